The predicted molar refractivity (Wildman–Crippen MR) is 118 cm³/mol. The number of aliphatic carboxylic acids is 1. The summed E-state index contributed by atoms with van der Waals surface area (Å²) in [6, 6.07) is 8.51. The number of aromatic carboxylic acids is 1. The first kappa shape index (κ1) is 22.8. The molecule has 1 fully saturated rings. The fraction of sp³-hybridized carbons (Fsp3) is 0.300. The molecule has 11 heteroatoms. The SMILES string of the molecule is Cc1cc(S(=O)(=O)Nc2ccc(N3CCSCC3)c(C(=O)O)c2)ccc1OCC(=O)O. The van der Waals surface area contributed by atoms with Gasteiger partial charge in [-0.25, -0.2) is 18.0 Å². The van der Waals surface area contributed by atoms with Crippen LogP contribution in [0.15, 0.2) is 41.3 Å². The van der Waals surface area contributed by atoms with Crippen LogP contribution in [0.1, 0.15) is 15.9 Å². The first-order chi connectivity index (χ1) is 14.7. The monoisotopic (exact) mass is 466 g/mol. The van der Waals surface area contributed by atoms with Gasteiger partial charge in [0, 0.05) is 30.3 Å². The number of hydrogen-bond donors (Lipinski definition) is 3. The Morgan fingerprint density at radius 3 is 2.45 bits per heavy atom. The minimum absolute atomic E-state index is 0.0284. The number of anilines is 2. The van der Waals surface area contributed by atoms with Crippen molar-refractivity contribution >= 4 is 45.1 Å². The number of ether oxygens (including phenoxy) is 1. The molecule has 0 radical (unpaired) electrons. The zero-order valence-corrected chi connectivity index (χ0v) is 18.3. The lowest BCUT2D eigenvalue weighted by Gasteiger charge is -2.29. The van der Waals surface area contributed by atoms with E-state index in [0.717, 1.165) is 24.6 Å². The Labute approximate surface area is 184 Å². The summed E-state index contributed by atoms with van der Waals surface area (Å²) in [5, 5.41) is 18.3. The molecule has 2 aromatic carbocycles. The van der Waals surface area contributed by atoms with E-state index in [4.69, 9.17) is 9.84 Å². The van der Waals surface area contributed by atoms with Crippen molar-refractivity contribution in [2.75, 3.05) is 40.8 Å². The van der Waals surface area contributed by atoms with Crippen molar-refractivity contribution in [1.82, 2.24) is 0 Å². The molecule has 0 saturated carbocycles. The van der Waals surface area contributed by atoms with Crippen LogP contribution in [-0.4, -0.2) is 61.8 Å². The Hall–Kier alpha value is -2.92. The van der Waals surface area contributed by atoms with Gasteiger partial charge in [0.05, 0.1) is 16.1 Å². The molecule has 0 bridgehead atoms. The second kappa shape index (κ2) is 9.48. The summed E-state index contributed by atoms with van der Waals surface area (Å²) < 4.78 is 33.1. The summed E-state index contributed by atoms with van der Waals surface area (Å²) >= 11 is 1.80. The molecule has 31 heavy (non-hydrogen) atoms. The van der Waals surface area contributed by atoms with E-state index in [1.807, 2.05) is 4.90 Å². The molecule has 3 N–H and O–H groups in total. The van der Waals surface area contributed by atoms with Crippen molar-refractivity contribution in [1.29, 1.82) is 0 Å². The highest BCUT2D eigenvalue weighted by Crippen LogP contribution is 2.29. The maximum absolute atomic E-state index is 12.8. The Morgan fingerprint density at radius 2 is 1.84 bits per heavy atom. The van der Waals surface area contributed by atoms with Crippen LogP contribution in [0.3, 0.4) is 0 Å². The number of nitrogens with one attached hydrogen (secondary N) is 1. The Balaban J connectivity index is 1.83. The van der Waals surface area contributed by atoms with Gasteiger partial charge in [-0.3, -0.25) is 4.72 Å². The lowest BCUT2D eigenvalue weighted by atomic mass is 10.1. The molecule has 3 rings (SSSR count). The van der Waals surface area contributed by atoms with Gasteiger partial charge in [-0.05, 0) is 48.9 Å². The Kier molecular flexibility index (Phi) is 6.96. The van der Waals surface area contributed by atoms with Gasteiger partial charge < -0.3 is 19.8 Å². The number of aryl methyl sites for hydroxylation is 1. The summed E-state index contributed by atoms with van der Waals surface area (Å²) in [7, 11) is -4.00. The molecule has 0 spiro atoms. The van der Waals surface area contributed by atoms with Crippen molar-refractivity contribution in [3.05, 3.63) is 47.5 Å². The minimum Gasteiger partial charge on any atom is -0.482 e. The topological polar surface area (TPSA) is 133 Å². The number of carboxylic acids is 2. The molecular weight excluding hydrogens is 444 g/mol. The number of thioether (sulfide) groups is 1. The van der Waals surface area contributed by atoms with Crippen LogP contribution < -0.4 is 14.4 Å². The normalized spacial score (nSPS) is 14.2. The Bertz CT molecular complexity index is 1100. The van der Waals surface area contributed by atoms with Crippen LogP contribution in [0.25, 0.3) is 0 Å². The van der Waals surface area contributed by atoms with Gasteiger partial charge in [0.1, 0.15) is 5.75 Å². The number of carbonyl (C=O) groups is 2. The van der Waals surface area contributed by atoms with Gasteiger partial charge in [0.15, 0.2) is 6.61 Å². The smallest absolute Gasteiger partial charge is 0.341 e. The maximum Gasteiger partial charge on any atom is 0.341 e. The third-order valence-electron chi connectivity index (χ3n) is 4.64. The van der Waals surface area contributed by atoms with Gasteiger partial charge in [0.2, 0.25) is 0 Å². The van der Waals surface area contributed by atoms with Crippen LogP contribution in [0.2, 0.25) is 0 Å². The molecule has 9 nitrogen and oxygen atoms in total. The molecule has 1 heterocycles. The second-order valence-electron chi connectivity index (χ2n) is 6.85. The summed E-state index contributed by atoms with van der Waals surface area (Å²) in [5.74, 6) is -0.208. The summed E-state index contributed by atoms with van der Waals surface area (Å²) in [4.78, 5) is 24.3. The van der Waals surface area contributed by atoms with Crippen molar-refractivity contribution in [3.63, 3.8) is 0 Å². The minimum atomic E-state index is -4.00. The first-order valence-corrected chi connectivity index (χ1v) is 12.0. The van der Waals surface area contributed by atoms with Gasteiger partial charge in [-0.2, -0.15) is 11.8 Å². The summed E-state index contributed by atoms with van der Waals surface area (Å²) in [6.07, 6.45) is 0. The van der Waals surface area contributed by atoms with Gasteiger partial charge >= 0.3 is 11.9 Å². The van der Waals surface area contributed by atoms with Gasteiger partial charge in [0.25, 0.3) is 10.0 Å². The number of hydrogen-bond acceptors (Lipinski definition) is 7. The zero-order chi connectivity index (χ0) is 22.6. The van der Waals surface area contributed by atoms with E-state index in [1.165, 1.54) is 30.3 Å². The lowest BCUT2D eigenvalue weighted by Crippen LogP contribution is -2.33. The van der Waals surface area contributed by atoms with Crippen LogP contribution in [0, 0.1) is 6.92 Å². The van der Waals surface area contributed by atoms with Crippen LogP contribution in [0.4, 0.5) is 11.4 Å². The molecule has 2 aromatic rings. The fourth-order valence-corrected chi connectivity index (χ4v) is 5.19. The molecule has 1 aliphatic rings. The van der Waals surface area contributed by atoms with E-state index >= 15 is 0 Å². The molecule has 166 valence electrons. The van der Waals surface area contributed by atoms with E-state index in [9.17, 15) is 23.1 Å². The highest BCUT2D eigenvalue weighted by molar-refractivity contribution is 7.99. The van der Waals surface area contributed by atoms with E-state index in [1.54, 1.807) is 24.8 Å². The second-order valence-corrected chi connectivity index (χ2v) is 9.76. The van der Waals surface area contributed by atoms with E-state index < -0.39 is 28.6 Å². The number of sulfonamides is 1. The quantitative estimate of drug-likeness (QED) is 0.536. The molecule has 0 aliphatic carbocycles. The van der Waals surface area contributed by atoms with Crippen LogP contribution in [-0.2, 0) is 14.8 Å². The summed E-state index contributed by atoms with van der Waals surface area (Å²) in [5.41, 5.74) is 1.18. The van der Waals surface area contributed by atoms with E-state index in [2.05, 4.69) is 4.72 Å². The number of benzene rings is 2. The lowest BCUT2D eigenvalue weighted by molar-refractivity contribution is -0.139. The standard InChI is InChI=1S/C20H22N2O7S2/c1-13-10-15(3-5-18(13)29-12-19(23)24)31(27,28)21-14-2-4-17(16(11-14)20(25)26)22-6-8-30-9-7-22/h2-5,10-11,21H,6-9,12H2,1H3,(H,23,24)(H,25,26). The highest BCUT2D eigenvalue weighted by Gasteiger charge is 2.21. The molecule has 0 aromatic heterocycles. The average Bonchev–Trinajstić information content (AvgIpc) is 2.73. The third-order valence-corrected chi connectivity index (χ3v) is 6.96. The van der Waals surface area contributed by atoms with E-state index in [0.29, 0.717) is 11.3 Å². The largest absolute Gasteiger partial charge is 0.482 e. The third kappa shape index (κ3) is 5.61. The van der Waals surface area contributed by atoms with Crippen LogP contribution in [0.5, 0.6) is 5.75 Å². The number of carboxylic acid groups (broad SMARTS) is 2. The van der Waals surface area contributed by atoms with Crippen LogP contribution >= 0.6 is 11.8 Å². The number of nitrogens with zero attached hydrogens (tertiary/aromatic N) is 1. The van der Waals surface area contributed by atoms with Crippen molar-refractivity contribution in [3.8, 4) is 5.75 Å². The average molecular weight is 467 g/mol. The van der Waals surface area contributed by atoms with Crippen molar-refractivity contribution in [2.24, 2.45) is 0 Å². The first-order valence-electron chi connectivity index (χ1n) is 9.35. The molecule has 0 amide bonds. The fourth-order valence-electron chi connectivity index (χ4n) is 3.16. The van der Waals surface area contributed by atoms with Crippen molar-refractivity contribution in [2.45, 2.75) is 11.8 Å². The predicted octanol–water partition coefficient (Wildman–Crippen LogP) is 2.51. The molecule has 1 aliphatic heterocycles. The van der Waals surface area contributed by atoms with Gasteiger partial charge in [-0.1, -0.05) is 0 Å². The molecular formula is C20H22N2O7S2. The van der Waals surface area contributed by atoms with E-state index in [-0.39, 0.29) is 21.9 Å². The van der Waals surface area contributed by atoms with Gasteiger partial charge in [-0.15, -0.1) is 0 Å². The maximum atomic E-state index is 12.8. The number of rotatable bonds is 8. The molecule has 1 saturated heterocycles. The Morgan fingerprint density at radius 1 is 1.13 bits per heavy atom. The molecule has 0 atom stereocenters. The molecule has 0 unspecified atom stereocenters. The van der Waals surface area contributed by atoms with Crippen molar-refractivity contribution < 1.29 is 33.0 Å². The zero-order valence-electron chi connectivity index (χ0n) is 16.7. The highest BCUT2D eigenvalue weighted by atomic mass is 32.2. The summed E-state index contributed by atoms with van der Waals surface area (Å²) in [6.45, 7) is 2.52.